The molecule has 4 rings (SSSR count). The molecule has 0 radical (unpaired) electrons. The number of aliphatic imine (C=N–C) groups is 2. The molecule has 2 aromatic carbocycles. The molecule has 0 aromatic heterocycles. The fourth-order valence-corrected chi connectivity index (χ4v) is 5.76. The van der Waals surface area contributed by atoms with Gasteiger partial charge in [0.2, 0.25) is 0 Å². The summed E-state index contributed by atoms with van der Waals surface area (Å²) >= 11 is 3.78. The van der Waals surface area contributed by atoms with Gasteiger partial charge in [-0.3, -0.25) is 9.98 Å². The highest BCUT2D eigenvalue weighted by atomic mass is 32.2. The van der Waals surface area contributed by atoms with Crippen molar-refractivity contribution < 1.29 is 0 Å². The minimum Gasteiger partial charge on any atom is -0.273 e. The van der Waals surface area contributed by atoms with Crippen LogP contribution in [0.4, 0.5) is 0 Å². The van der Waals surface area contributed by atoms with Gasteiger partial charge in [0.25, 0.3) is 0 Å². The summed E-state index contributed by atoms with van der Waals surface area (Å²) in [5.74, 6) is 2.06. The minimum atomic E-state index is -0.0948. The van der Waals surface area contributed by atoms with Gasteiger partial charge >= 0.3 is 0 Å². The SMILES string of the molecule is CC(C)(C1=NC(c2ccccc2)CS1)C1=NC(c2ccccc2)CS1. The summed E-state index contributed by atoms with van der Waals surface area (Å²) in [6.45, 7) is 4.54. The Bertz CT molecular complexity index is 730. The van der Waals surface area contributed by atoms with Crippen LogP contribution in [0.2, 0.25) is 0 Å². The Morgan fingerprint density at radius 2 is 1.12 bits per heavy atom. The number of thioether (sulfide) groups is 2. The Morgan fingerprint density at radius 3 is 1.52 bits per heavy atom. The standard InChI is InChI=1S/C21H22N2S2/c1-21(2,19-22-17(13-24-19)15-9-5-3-6-10-15)20-23-18(14-25-20)16-11-7-4-8-12-16/h3-12,17-18H,13-14H2,1-2H3. The zero-order valence-corrected chi connectivity index (χ0v) is 16.2. The quantitative estimate of drug-likeness (QED) is 0.684. The van der Waals surface area contributed by atoms with Crippen molar-refractivity contribution in [2.24, 2.45) is 15.4 Å². The topological polar surface area (TPSA) is 24.7 Å². The van der Waals surface area contributed by atoms with Crippen molar-refractivity contribution in [3.63, 3.8) is 0 Å². The lowest BCUT2D eigenvalue weighted by Gasteiger charge is -2.23. The van der Waals surface area contributed by atoms with Crippen LogP contribution in [0.3, 0.4) is 0 Å². The highest BCUT2D eigenvalue weighted by Gasteiger charge is 2.39. The molecule has 0 fully saturated rings. The van der Waals surface area contributed by atoms with Crippen molar-refractivity contribution >= 4 is 33.6 Å². The van der Waals surface area contributed by atoms with Crippen LogP contribution < -0.4 is 0 Å². The van der Waals surface area contributed by atoms with E-state index in [1.165, 1.54) is 21.2 Å². The van der Waals surface area contributed by atoms with Gasteiger partial charge in [0.15, 0.2) is 0 Å². The van der Waals surface area contributed by atoms with Crippen molar-refractivity contribution in [3.8, 4) is 0 Å². The molecule has 0 amide bonds. The molecule has 0 spiro atoms. The summed E-state index contributed by atoms with van der Waals surface area (Å²) < 4.78 is 0. The second-order valence-electron chi connectivity index (χ2n) is 6.97. The van der Waals surface area contributed by atoms with E-state index in [0.717, 1.165) is 11.5 Å². The summed E-state index contributed by atoms with van der Waals surface area (Å²) in [6.07, 6.45) is 0. The Balaban J connectivity index is 1.56. The van der Waals surface area contributed by atoms with E-state index in [1.54, 1.807) is 0 Å². The minimum absolute atomic E-state index is 0.0948. The van der Waals surface area contributed by atoms with Crippen LogP contribution in [-0.2, 0) is 0 Å². The van der Waals surface area contributed by atoms with E-state index < -0.39 is 0 Å². The van der Waals surface area contributed by atoms with E-state index in [2.05, 4.69) is 74.5 Å². The first-order valence-corrected chi connectivity index (χ1v) is 10.6. The van der Waals surface area contributed by atoms with Gasteiger partial charge in [-0.25, -0.2) is 0 Å². The lowest BCUT2D eigenvalue weighted by Crippen LogP contribution is -2.28. The van der Waals surface area contributed by atoms with Crippen LogP contribution in [-0.4, -0.2) is 21.6 Å². The monoisotopic (exact) mass is 366 g/mol. The number of hydrogen-bond donors (Lipinski definition) is 0. The van der Waals surface area contributed by atoms with Crippen LogP contribution in [0.15, 0.2) is 70.6 Å². The van der Waals surface area contributed by atoms with E-state index in [-0.39, 0.29) is 17.5 Å². The second-order valence-corrected chi connectivity index (χ2v) is 8.99. The zero-order valence-electron chi connectivity index (χ0n) is 14.6. The highest BCUT2D eigenvalue weighted by molar-refractivity contribution is 8.16. The number of benzene rings is 2. The summed E-state index contributed by atoms with van der Waals surface area (Å²) in [5, 5.41) is 2.45. The second kappa shape index (κ2) is 7.00. The Morgan fingerprint density at radius 1 is 0.720 bits per heavy atom. The predicted octanol–water partition coefficient (Wildman–Crippen LogP) is 5.79. The average Bonchev–Trinajstić information content (AvgIpc) is 3.34. The molecule has 2 unspecified atom stereocenters. The molecule has 2 aromatic rings. The third-order valence-electron chi connectivity index (χ3n) is 4.74. The molecular formula is C21H22N2S2. The normalized spacial score (nSPS) is 23.4. The van der Waals surface area contributed by atoms with Gasteiger partial charge in [-0.2, -0.15) is 0 Å². The van der Waals surface area contributed by atoms with Crippen LogP contribution in [0.25, 0.3) is 0 Å². The van der Waals surface area contributed by atoms with Gasteiger partial charge in [-0.15, -0.1) is 23.5 Å². The summed E-state index contributed by atoms with van der Waals surface area (Å²) in [7, 11) is 0. The van der Waals surface area contributed by atoms with Gasteiger partial charge < -0.3 is 0 Å². The average molecular weight is 367 g/mol. The van der Waals surface area contributed by atoms with E-state index >= 15 is 0 Å². The van der Waals surface area contributed by atoms with Crippen molar-refractivity contribution in [2.45, 2.75) is 25.9 Å². The summed E-state index contributed by atoms with van der Waals surface area (Å²) in [5.41, 5.74) is 2.52. The molecule has 2 aliphatic rings. The first-order valence-electron chi connectivity index (χ1n) is 8.66. The highest BCUT2D eigenvalue weighted by Crippen LogP contribution is 2.44. The molecule has 0 saturated carbocycles. The fourth-order valence-electron chi connectivity index (χ4n) is 3.21. The largest absolute Gasteiger partial charge is 0.273 e. The van der Waals surface area contributed by atoms with Crippen molar-refractivity contribution in [1.29, 1.82) is 0 Å². The first kappa shape index (κ1) is 16.9. The van der Waals surface area contributed by atoms with Crippen LogP contribution >= 0.6 is 23.5 Å². The van der Waals surface area contributed by atoms with Crippen molar-refractivity contribution in [2.75, 3.05) is 11.5 Å². The smallest absolute Gasteiger partial charge is 0.0853 e. The Labute approximate surface area is 158 Å². The molecule has 0 saturated heterocycles. The van der Waals surface area contributed by atoms with Gasteiger partial charge in [0, 0.05) is 11.5 Å². The molecule has 2 nitrogen and oxygen atoms in total. The maximum Gasteiger partial charge on any atom is 0.0853 e. The maximum absolute atomic E-state index is 5.06. The van der Waals surface area contributed by atoms with E-state index in [0.29, 0.717) is 0 Å². The molecule has 0 bridgehead atoms. The number of hydrogen-bond acceptors (Lipinski definition) is 4. The molecule has 2 heterocycles. The fraction of sp³-hybridized carbons (Fsp3) is 0.333. The molecule has 2 aliphatic heterocycles. The summed E-state index contributed by atoms with van der Waals surface area (Å²) in [6, 6.07) is 21.8. The molecule has 4 heteroatoms. The molecule has 25 heavy (non-hydrogen) atoms. The number of nitrogens with zero attached hydrogens (tertiary/aromatic N) is 2. The van der Waals surface area contributed by atoms with Gasteiger partial charge in [-0.05, 0) is 25.0 Å². The number of rotatable bonds is 4. The van der Waals surface area contributed by atoms with Gasteiger partial charge in [0.1, 0.15) is 0 Å². The molecule has 0 aliphatic carbocycles. The van der Waals surface area contributed by atoms with Crippen LogP contribution in [0.5, 0.6) is 0 Å². The van der Waals surface area contributed by atoms with E-state index in [9.17, 15) is 0 Å². The lowest BCUT2D eigenvalue weighted by atomic mass is 9.95. The van der Waals surface area contributed by atoms with E-state index in [4.69, 9.17) is 9.98 Å². The molecular weight excluding hydrogens is 344 g/mol. The molecule has 2 atom stereocenters. The predicted molar refractivity (Wildman–Crippen MR) is 112 cm³/mol. The Kier molecular flexibility index (Phi) is 4.74. The summed E-state index contributed by atoms with van der Waals surface area (Å²) in [4.78, 5) is 10.1. The van der Waals surface area contributed by atoms with Gasteiger partial charge in [-0.1, -0.05) is 60.7 Å². The molecule has 0 N–H and O–H groups in total. The van der Waals surface area contributed by atoms with Crippen LogP contribution in [0.1, 0.15) is 37.1 Å². The molecule has 128 valence electrons. The van der Waals surface area contributed by atoms with Gasteiger partial charge in [0.05, 0.1) is 27.6 Å². The Hall–Kier alpha value is -1.52. The van der Waals surface area contributed by atoms with Crippen molar-refractivity contribution in [3.05, 3.63) is 71.8 Å². The van der Waals surface area contributed by atoms with Crippen molar-refractivity contribution in [1.82, 2.24) is 0 Å². The van der Waals surface area contributed by atoms with E-state index in [1.807, 2.05) is 23.5 Å². The lowest BCUT2D eigenvalue weighted by molar-refractivity contribution is 0.726. The van der Waals surface area contributed by atoms with Crippen LogP contribution in [0, 0.1) is 5.41 Å². The first-order chi connectivity index (χ1) is 12.1. The zero-order chi connectivity index (χ0) is 17.3. The maximum atomic E-state index is 5.06. The third-order valence-corrected chi connectivity index (χ3v) is 7.48. The third kappa shape index (κ3) is 3.42.